The van der Waals surface area contributed by atoms with Crippen molar-refractivity contribution in [2.45, 2.75) is 32.1 Å². The first-order valence-corrected chi connectivity index (χ1v) is 10.3. The van der Waals surface area contributed by atoms with Crippen LogP contribution >= 0.6 is 0 Å². The predicted octanol–water partition coefficient (Wildman–Crippen LogP) is 5.09. The van der Waals surface area contributed by atoms with Crippen molar-refractivity contribution in [2.75, 3.05) is 7.05 Å². The Labute approximate surface area is 166 Å². The van der Waals surface area contributed by atoms with Crippen LogP contribution in [0.2, 0.25) is 0 Å². The van der Waals surface area contributed by atoms with E-state index >= 15 is 0 Å². The van der Waals surface area contributed by atoms with Crippen molar-refractivity contribution in [3.63, 3.8) is 0 Å². The summed E-state index contributed by atoms with van der Waals surface area (Å²) in [6.45, 7) is 0. The van der Waals surface area contributed by atoms with Crippen LogP contribution in [-0.2, 0) is 4.79 Å². The molecule has 4 atom stereocenters. The monoisotopic (exact) mass is 378 g/mol. The number of amides is 1. The molecule has 0 aliphatic heterocycles. The van der Waals surface area contributed by atoms with Crippen molar-refractivity contribution in [2.24, 2.45) is 23.7 Å². The molecule has 3 nitrogen and oxygen atoms in total. The molecule has 1 aromatic heterocycles. The Bertz CT molecular complexity index is 861. The largest absolute Gasteiger partial charge is 0.359 e. The van der Waals surface area contributed by atoms with Gasteiger partial charge in [0, 0.05) is 24.7 Å². The Kier molecular flexibility index (Phi) is 5.56. The summed E-state index contributed by atoms with van der Waals surface area (Å²) in [5, 5.41) is 2.86. The molecule has 0 radical (unpaired) electrons. The van der Waals surface area contributed by atoms with Gasteiger partial charge in [-0.1, -0.05) is 43.5 Å². The quantitative estimate of drug-likeness (QED) is 0.805. The molecule has 4 heteroatoms. The molecule has 2 aliphatic rings. The van der Waals surface area contributed by atoms with Gasteiger partial charge in [-0.3, -0.25) is 9.78 Å². The van der Waals surface area contributed by atoms with Crippen molar-refractivity contribution in [3.8, 4) is 11.1 Å². The summed E-state index contributed by atoms with van der Waals surface area (Å²) in [6.07, 6.45) is 12.1. The van der Waals surface area contributed by atoms with Crippen LogP contribution in [0.15, 0.2) is 48.7 Å². The summed E-state index contributed by atoms with van der Waals surface area (Å²) in [4.78, 5) is 16.9. The number of hydrogen-bond donors (Lipinski definition) is 1. The van der Waals surface area contributed by atoms with Crippen LogP contribution in [0.25, 0.3) is 17.2 Å². The van der Waals surface area contributed by atoms with Crippen LogP contribution in [0, 0.1) is 29.5 Å². The molecule has 146 valence electrons. The number of hydrogen-bond acceptors (Lipinski definition) is 2. The van der Waals surface area contributed by atoms with E-state index in [4.69, 9.17) is 0 Å². The number of benzene rings is 1. The lowest BCUT2D eigenvalue weighted by atomic mass is 9.77. The average Bonchev–Trinajstić information content (AvgIpc) is 3.10. The summed E-state index contributed by atoms with van der Waals surface area (Å²) in [7, 11) is 1.73. The number of nitrogens with one attached hydrogen (secondary N) is 1. The Morgan fingerprint density at radius 3 is 2.79 bits per heavy atom. The third kappa shape index (κ3) is 3.87. The molecule has 2 aliphatic carbocycles. The molecule has 1 heterocycles. The molecule has 28 heavy (non-hydrogen) atoms. The maximum absolute atomic E-state index is 13.4. The second kappa shape index (κ2) is 8.26. The van der Waals surface area contributed by atoms with Crippen LogP contribution in [-0.4, -0.2) is 17.9 Å². The smallest absolute Gasteiger partial charge is 0.223 e. The highest BCUT2D eigenvalue weighted by atomic mass is 19.1. The number of aromatic nitrogens is 1. The van der Waals surface area contributed by atoms with Crippen LogP contribution in [0.5, 0.6) is 0 Å². The first-order chi connectivity index (χ1) is 13.7. The third-order valence-corrected chi connectivity index (χ3v) is 6.50. The molecule has 0 spiro atoms. The van der Waals surface area contributed by atoms with E-state index in [1.807, 2.05) is 24.3 Å². The Hall–Kier alpha value is -2.49. The molecule has 2 saturated carbocycles. The lowest BCUT2D eigenvalue weighted by Crippen LogP contribution is -2.30. The zero-order chi connectivity index (χ0) is 19.5. The Morgan fingerprint density at radius 1 is 1.18 bits per heavy atom. The van der Waals surface area contributed by atoms with Crippen LogP contribution in [0.4, 0.5) is 4.39 Å². The molecule has 1 N–H and O–H groups in total. The normalized spacial score (nSPS) is 26.9. The van der Waals surface area contributed by atoms with Crippen LogP contribution < -0.4 is 5.32 Å². The van der Waals surface area contributed by atoms with E-state index in [1.165, 1.54) is 37.8 Å². The van der Waals surface area contributed by atoms with Gasteiger partial charge in [0.1, 0.15) is 5.82 Å². The van der Waals surface area contributed by atoms with Crippen molar-refractivity contribution in [1.82, 2.24) is 10.3 Å². The first-order valence-electron chi connectivity index (χ1n) is 10.3. The van der Waals surface area contributed by atoms with Gasteiger partial charge in [0.05, 0.1) is 5.69 Å². The number of halogens is 1. The zero-order valence-electron chi connectivity index (χ0n) is 16.3. The van der Waals surface area contributed by atoms with Crippen LogP contribution in [0.3, 0.4) is 0 Å². The fraction of sp³-hybridized carbons (Fsp3) is 0.417. The van der Waals surface area contributed by atoms with E-state index in [0.29, 0.717) is 11.8 Å². The highest BCUT2D eigenvalue weighted by Crippen LogP contribution is 2.49. The van der Waals surface area contributed by atoms with Crippen molar-refractivity contribution >= 4 is 12.0 Å². The zero-order valence-corrected chi connectivity index (χ0v) is 16.3. The number of allylic oxidation sites excluding steroid dienone is 1. The van der Waals surface area contributed by atoms with E-state index < -0.39 is 0 Å². The van der Waals surface area contributed by atoms with Gasteiger partial charge >= 0.3 is 0 Å². The van der Waals surface area contributed by atoms with Gasteiger partial charge in [0.15, 0.2) is 0 Å². The Morgan fingerprint density at radius 2 is 2.04 bits per heavy atom. The minimum absolute atomic E-state index is 0.0703. The summed E-state index contributed by atoms with van der Waals surface area (Å²) in [5.41, 5.74) is 2.59. The molecule has 0 bridgehead atoms. The molecule has 4 rings (SSSR count). The highest BCUT2D eigenvalue weighted by molar-refractivity contribution is 5.79. The molecular formula is C24H27FN2O. The minimum Gasteiger partial charge on any atom is -0.359 e. The second-order valence-corrected chi connectivity index (χ2v) is 8.08. The fourth-order valence-electron chi connectivity index (χ4n) is 5.11. The molecule has 0 unspecified atom stereocenters. The van der Waals surface area contributed by atoms with E-state index in [1.54, 1.807) is 19.3 Å². The van der Waals surface area contributed by atoms with Gasteiger partial charge in [-0.25, -0.2) is 4.39 Å². The van der Waals surface area contributed by atoms with E-state index in [-0.39, 0.29) is 23.6 Å². The fourth-order valence-corrected chi connectivity index (χ4v) is 5.11. The van der Waals surface area contributed by atoms with Crippen molar-refractivity contribution < 1.29 is 9.18 Å². The van der Waals surface area contributed by atoms with Gasteiger partial charge in [-0.15, -0.1) is 0 Å². The van der Waals surface area contributed by atoms with Crippen LogP contribution in [0.1, 0.15) is 37.8 Å². The SMILES string of the molecule is CNC(=O)[C@H]1C[C@H]2CCCC[C@H]2[C@@H]1C=Cc1ccc(-c2cccc(F)c2)cn1. The number of pyridine rings is 1. The molecule has 2 aromatic rings. The van der Waals surface area contributed by atoms with Gasteiger partial charge in [-0.2, -0.15) is 0 Å². The number of carbonyl (C=O) groups excluding carboxylic acids is 1. The maximum atomic E-state index is 13.4. The van der Waals surface area contributed by atoms with E-state index in [9.17, 15) is 9.18 Å². The van der Waals surface area contributed by atoms with Gasteiger partial charge in [0.2, 0.25) is 5.91 Å². The first kappa shape index (κ1) is 18.9. The van der Waals surface area contributed by atoms with E-state index in [2.05, 4.69) is 16.4 Å². The molecule has 2 fully saturated rings. The van der Waals surface area contributed by atoms with Gasteiger partial charge < -0.3 is 5.32 Å². The molecule has 1 aromatic carbocycles. The standard InChI is InChI=1S/C24H27FN2O/c1-26-24(28)23-14-17-5-2-3-8-21(17)22(23)12-11-20-10-9-18(15-27-20)16-6-4-7-19(25)13-16/h4,6-7,9-13,15,17,21-23H,2-3,5,8,14H2,1H3,(H,26,28)/t17-,21-,22+,23+/m1/s1. The third-order valence-electron chi connectivity index (χ3n) is 6.50. The molecule has 1 amide bonds. The number of rotatable bonds is 4. The lowest BCUT2D eigenvalue weighted by molar-refractivity contribution is -0.125. The second-order valence-electron chi connectivity index (χ2n) is 8.08. The Balaban J connectivity index is 1.52. The number of fused-ring (bicyclic) bond motifs is 1. The van der Waals surface area contributed by atoms with Crippen molar-refractivity contribution in [3.05, 3.63) is 60.2 Å². The van der Waals surface area contributed by atoms with E-state index in [0.717, 1.165) is 23.2 Å². The summed E-state index contributed by atoms with van der Waals surface area (Å²) < 4.78 is 13.4. The van der Waals surface area contributed by atoms with Gasteiger partial charge in [-0.05, 0) is 60.4 Å². The topological polar surface area (TPSA) is 42.0 Å². The predicted molar refractivity (Wildman–Crippen MR) is 110 cm³/mol. The summed E-state index contributed by atoms with van der Waals surface area (Å²) in [5.74, 6) is 1.56. The highest BCUT2D eigenvalue weighted by Gasteiger charge is 2.45. The maximum Gasteiger partial charge on any atom is 0.223 e. The van der Waals surface area contributed by atoms with Gasteiger partial charge in [0.25, 0.3) is 0 Å². The average molecular weight is 378 g/mol. The summed E-state index contributed by atoms with van der Waals surface area (Å²) in [6, 6.07) is 10.5. The molecular weight excluding hydrogens is 351 g/mol. The summed E-state index contributed by atoms with van der Waals surface area (Å²) >= 11 is 0. The number of nitrogens with zero attached hydrogens (tertiary/aromatic N) is 1. The lowest BCUT2D eigenvalue weighted by Gasteiger charge is -2.28. The number of carbonyl (C=O) groups is 1. The molecule has 0 saturated heterocycles. The van der Waals surface area contributed by atoms with Crippen molar-refractivity contribution in [1.29, 1.82) is 0 Å². The minimum atomic E-state index is -0.245.